The number of rotatable bonds is 3. The van der Waals surface area contributed by atoms with Crippen molar-refractivity contribution in [2.24, 2.45) is 0 Å². The molecule has 1 amide bonds. The van der Waals surface area contributed by atoms with Crippen molar-refractivity contribution in [3.05, 3.63) is 44.1 Å². The van der Waals surface area contributed by atoms with Crippen molar-refractivity contribution in [1.82, 2.24) is 4.98 Å². The topological polar surface area (TPSA) is 42.0 Å². The third-order valence-electron chi connectivity index (χ3n) is 1.96. The van der Waals surface area contributed by atoms with Gasteiger partial charge in [0.15, 0.2) is 0 Å². The van der Waals surface area contributed by atoms with Gasteiger partial charge in [-0.05, 0) is 40.2 Å². The lowest BCUT2D eigenvalue weighted by atomic mass is 10.3. The first-order valence-electron chi connectivity index (χ1n) is 4.79. The van der Waals surface area contributed by atoms with E-state index >= 15 is 0 Å². The van der Waals surface area contributed by atoms with Crippen LogP contribution in [0.5, 0.6) is 0 Å². The Balaban J connectivity index is 1.95. The molecule has 0 aliphatic rings. The molecule has 0 unspecified atom stereocenters. The predicted octanol–water partition coefficient (Wildman–Crippen LogP) is 3.74. The summed E-state index contributed by atoms with van der Waals surface area (Å²) in [6.45, 7) is 0. The zero-order valence-electron chi connectivity index (χ0n) is 8.61. The van der Waals surface area contributed by atoms with E-state index in [1.54, 1.807) is 18.3 Å². The number of hydrogen-bond donors (Lipinski definition) is 1. The molecule has 17 heavy (non-hydrogen) atoms. The molecule has 2 heterocycles. The van der Waals surface area contributed by atoms with Crippen LogP contribution in [-0.4, -0.2) is 10.9 Å². The summed E-state index contributed by atoms with van der Waals surface area (Å²) in [7, 11) is 0. The van der Waals surface area contributed by atoms with Gasteiger partial charge in [0.1, 0.15) is 5.82 Å². The van der Waals surface area contributed by atoms with Crippen LogP contribution in [0.4, 0.5) is 5.82 Å². The Morgan fingerprint density at radius 3 is 2.82 bits per heavy atom. The summed E-state index contributed by atoms with van der Waals surface area (Å²) in [5.74, 6) is 0.444. The fourth-order valence-electron chi connectivity index (χ4n) is 1.24. The highest BCUT2D eigenvalue weighted by atomic mass is 79.9. The average molecular weight is 332 g/mol. The van der Waals surface area contributed by atoms with E-state index in [9.17, 15) is 4.79 Å². The molecule has 0 fully saturated rings. The largest absolute Gasteiger partial charge is 0.310 e. The van der Waals surface area contributed by atoms with Crippen molar-refractivity contribution >= 4 is 50.6 Å². The number of aromatic nitrogens is 1. The second-order valence-electron chi connectivity index (χ2n) is 3.29. The molecule has 0 spiro atoms. The van der Waals surface area contributed by atoms with Crippen LogP contribution < -0.4 is 5.32 Å². The molecular weight excluding hydrogens is 324 g/mol. The smallest absolute Gasteiger partial charge is 0.230 e. The molecule has 0 saturated heterocycles. The summed E-state index contributed by atoms with van der Waals surface area (Å²) in [5.41, 5.74) is 0. The fourth-order valence-corrected chi connectivity index (χ4v) is 2.56. The quantitative estimate of drug-likeness (QED) is 0.931. The van der Waals surface area contributed by atoms with Gasteiger partial charge in [0.2, 0.25) is 5.91 Å². The first kappa shape index (κ1) is 12.5. The monoisotopic (exact) mass is 330 g/mol. The molecule has 2 rings (SSSR count). The van der Waals surface area contributed by atoms with E-state index in [1.165, 1.54) is 11.3 Å². The maximum Gasteiger partial charge on any atom is 0.230 e. The molecule has 88 valence electrons. The van der Waals surface area contributed by atoms with Crippen LogP contribution in [-0.2, 0) is 11.2 Å². The Labute approximate surface area is 116 Å². The van der Waals surface area contributed by atoms with Gasteiger partial charge >= 0.3 is 0 Å². The third kappa shape index (κ3) is 3.80. The van der Waals surface area contributed by atoms with Gasteiger partial charge in [0.05, 0.1) is 10.8 Å². The van der Waals surface area contributed by atoms with Crippen molar-refractivity contribution in [1.29, 1.82) is 0 Å². The second-order valence-corrected chi connectivity index (χ2v) is 6.01. The van der Waals surface area contributed by atoms with E-state index < -0.39 is 0 Å². The number of pyridine rings is 1. The van der Waals surface area contributed by atoms with Gasteiger partial charge in [0.25, 0.3) is 0 Å². The van der Waals surface area contributed by atoms with Gasteiger partial charge in [-0.25, -0.2) is 4.98 Å². The van der Waals surface area contributed by atoms with Crippen molar-refractivity contribution in [3.8, 4) is 0 Å². The van der Waals surface area contributed by atoms with Gasteiger partial charge in [-0.15, -0.1) is 11.3 Å². The molecule has 3 nitrogen and oxygen atoms in total. The van der Waals surface area contributed by atoms with E-state index in [0.29, 0.717) is 16.6 Å². The van der Waals surface area contributed by atoms with Crippen LogP contribution in [0.2, 0.25) is 4.34 Å². The van der Waals surface area contributed by atoms with Gasteiger partial charge < -0.3 is 5.32 Å². The lowest BCUT2D eigenvalue weighted by molar-refractivity contribution is -0.115. The number of anilines is 1. The minimum atomic E-state index is -0.0988. The van der Waals surface area contributed by atoms with Crippen molar-refractivity contribution in [3.63, 3.8) is 0 Å². The minimum Gasteiger partial charge on any atom is -0.310 e. The highest BCUT2D eigenvalue weighted by Gasteiger charge is 2.06. The number of hydrogen-bond acceptors (Lipinski definition) is 3. The van der Waals surface area contributed by atoms with E-state index in [0.717, 1.165) is 9.35 Å². The second kappa shape index (κ2) is 5.62. The van der Waals surface area contributed by atoms with Crippen LogP contribution in [0.1, 0.15) is 4.88 Å². The Kier molecular flexibility index (Phi) is 4.15. The zero-order valence-corrected chi connectivity index (χ0v) is 11.8. The summed E-state index contributed by atoms with van der Waals surface area (Å²) in [5, 5.41) is 2.72. The molecule has 0 radical (unpaired) electrons. The first-order valence-corrected chi connectivity index (χ1v) is 6.78. The molecule has 6 heteroatoms. The van der Waals surface area contributed by atoms with Crippen LogP contribution in [0.3, 0.4) is 0 Å². The number of carbonyl (C=O) groups is 1. The van der Waals surface area contributed by atoms with Crippen molar-refractivity contribution in [2.75, 3.05) is 5.32 Å². The Morgan fingerprint density at radius 1 is 1.41 bits per heavy atom. The van der Waals surface area contributed by atoms with Gasteiger partial charge in [-0.1, -0.05) is 11.6 Å². The van der Waals surface area contributed by atoms with Gasteiger partial charge in [-0.2, -0.15) is 0 Å². The first-order chi connectivity index (χ1) is 8.13. The van der Waals surface area contributed by atoms with E-state index in [4.69, 9.17) is 11.6 Å². The molecule has 0 aromatic carbocycles. The standard InChI is InChI=1S/C11H8BrClN2OS/c12-7-1-4-10(14-6-7)15-11(16)5-8-2-3-9(13)17-8/h1-4,6H,5H2,(H,14,15,16). The minimum absolute atomic E-state index is 0.0988. The summed E-state index contributed by atoms with van der Waals surface area (Å²) in [6, 6.07) is 7.20. The van der Waals surface area contributed by atoms with Crippen molar-refractivity contribution < 1.29 is 4.79 Å². The molecule has 0 aliphatic heterocycles. The summed E-state index contributed by atoms with van der Waals surface area (Å²) in [6.07, 6.45) is 1.95. The molecule has 2 aromatic heterocycles. The van der Waals surface area contributed by atoms with Gasteiger partial charge in [0, 0.05) is 15.5 Å². The maximum absolute atomic E-state index is 11.7. The molecule has 2 aromatic rings. The highest BCUT2D eigenvalue weighted by molar-refractivity contribution is 9.10. The Morgan fingerprint density at radius 2 is 2.24 bits per heavy atom. The molecule has 0 atom stereocenters. The lowest BCUT2D eigenvalue weighted by Gasteiger charge is -2.02. The molecule has 1 N–H and O–H groups in total. The SMILES string of the molecule is O=C(Cc1ccc(Cl)s1)Nc1ccc(Br)cn1. The van der Waals surface area contributed by atoms with Crippen LogP contribution in [0.15, 0.2) is 34.9 Å². The maximum atomic E-state index is 11.7. The van der Waals surface area contributed by atoms with E-state index in [2.05, 4.69) is 26.2 Å². The van der Waals surface area contributed by atoms with Gasteiger partial charge in [-0.3, -0.25) is 4.79 Å². The number of halogens is 2. The zero-order chi connectivity index (χ0) is 12.3. The Bertz CT molecular complexity index is 527. The number of carbonyl (C=O) groups excluding carboxylic acids is 1. The molecular formula is C11H8BrClN2OS. The van der Waals surface area contributed by atoms with Crippen LogP contribution in [0.25, 0.3) is 0 Å². The number of amides is 1. The predicted molar refractivity (Wildman–Crippen MR) is 73.6 cm³/mol. The highest BCUT2D eigenvalue weighted by Crippen LogP contribution is 2.22. The Hall–Kier alpha value is -0.910. The van der Waals surface area contributed by atoms with Crippen LogP contribution >= 0.6 is 38.9 Å². The number of nitrogens with one attached hydrogen (secondary N) is 1. The van der Waals surface area contributed by atoms with E-state index in [1.807, 2.05) is 12.1 Å². The third-order valence-corrected chi connectivity index (χ3v) is 3.66. The van der Waals surface area contributed by atoms with Crippen molar-refractivity contribution in [2.45, 2.75) is 6.42 Å². The fraction of sp³-hybridized carbons (Fsp3) is 0.0909. The average Bonchev–Trinajstić information content (AvgIpc) is 2.67. The summed E-state index contributed by atoms with van der Waals surface area (Å²) >= 11 is 10.5. The summed E-state index contributed by atoms with van der Waals surface area (Å²) in [4.78, 5) is 16.7. The normalized spacial score (nSPS) is 10.2. The molecule has 0 aliphatic carbocycles. The molecule has 0 saturated carbocycles. The van der Waals surface area contributed by atoms with E-state index in [-0.39, 0.29) is 5.91 Å². The lowest BCUT2D eigenvalue weighted by Crippen LogP contribution is -2.14. The van der Waals surface area contributed by atoms with Crippen LogP contribution in [0, 0.1) is 0 Å². The number of thiophene rings is 1. The summed E-state index contributed by atoms with van der Waals surface area (Å²) < 4.78 is 1.56. The number of nitrogens with zero attached hydrogens (tertiary/aromatic N) is 1. The molecule has 0 bridgehead atoms.